The molecule has 1 aromatic carbocycles. The highest BCUT2D eigenvalue weighted by Crippen LogP contribution is 2.25. The molecule has 0 atom stereocenters. The van der Waals surface area contributed by atoms with E-state index in [0.717, 1.165) is 23.4 Å². The monoisotopic (exact) mass is 329 g/mol. The first-order chi connectivity index (χ1) is 9.99. The molecule has 0 saturated carbocycles. The highest BCUT2D eigenvalue weighted by molar-refractivity contribution is 6.34. The lowest BCUT2D eigenvalue weighted by atomic mass is 10.1. The Bertz CT molecular complexity index is 509. The summed E-state index contributed by atoms with van der Waals surface area (Å²) in [5.41, 5.74) is 5.53. The summed E-state index contributed by atoms with van der Waals surface area (Å²) in [6, 6.07) is 5.36. The normalized spacial score (nSPS) is 12.5. The summed E-state index contributed by atoms with van der Waals surface area (Å²) in [6.45, 7) is 6.48. The quantitative estimate of drug-likeness (QED) is 0.589. The summed E-state index contributed by atoms with van der Waals surface area (Å²) < 4.78 is 0. The molecular weight excluding hydrogens is 309 g/mol. The van der Waals surface area contributed by atoms with Crippen molar-refractivity contribution in [2.45, 2.75) is 27.2 Å². The number of rotatable bonds is 7. The molecule has 1 rings (SSSR count). The number of allylic oxidation sites excluding steroid dienone is 1. The van der Waals surface area contributed by atoms with Crippen LogP contribution in [0.25, 0.3) is 5.70 Å². The third kappa shape index (κ3) is 5.58. The molecule has 0 aromatic heterocycles. The lowest BCUT2D eigenvalue weighted by molar-refractivity contribution is -0.110. The minimum Gasteiger partial charge on any atom is -0.276 e. The van der Waals surface area contributed by atoms with Crippen molar-refractivity contribution in [1.29, 1.82) is 0 Å². The van der Waals surface area contributed by atoms with Gasteiger partial charge in [0.25, 0.3) is 0 Å². The summed E-state index contributed by atoms with van der Waals surface area (Å²) in [5.74, 6) is 0. The Morgan fingerprint density at radius 1 is 1.33 bits per heavy atom. The van der Waals surface area contributed by atoms with Gasteiger partial charge in [-0.25, -0.2) is 0 Å². The van der Waals surface area contributed by atoms with Gasteiger partial charge in [0.2, 0.25) is 0 Å². The smallest absolute Gasteiger partial charge is 0.0847 e. The van der Waals surface area contributed by atoms with Gasteiger partial charge in [-0.3, -0.25) is 15.3 Å². The van der Waals surface area contributed by atoms with Gasteiger partial charge in [-0.15, -0.1) is 0 Å². The van der Waals surface area contributed by atoms with Gasteiger partial charge in [0.15, 0.2) is 0 Å². The van der Waals surface area contributed by atoms with Crippen LogP contribution in [0.15, 0.2) is 29.0 Å². The molecule has 1 aromatic rings. The van der Waals surface area contributed by atoms with Crippen LogP contribution in [-0.2, 0) is 4.84 Å². The van der Waals surface area contributed by atoms with E-state index in [-0.39, 0.29) is 0 Å². The molecule has 0 unspecified atom stereocenters. The number of benzene rings is 1. The fraction of sp³-hybridized carbons (Fsp3) is 0.400. The summed E-state index contributed by atoms with van der Waals surface area (Å²) in [6.07, 6.45) is 2.61. The van der Waals surface area contributed by atoms with Gasteiger partial charge in [0, 0.05) is 28.9 Å². The van der Waals surface area contributed by atoms with Crippen LogP contribution in [-0.4, -0.2) is 24.9 Å². The highest BCUT2D eigenvalue weighted by atomic mass is 35.5. The standard InChI is InChI=1S/C15H21Cl2N3O/c1-5-7-21-20(4)11(3)15(19-18-6-2)12-8-13(16)10-14(17)9-12/h6,8-10,19H,5,7H2,1-4H3/b15-11-,18-6-. The number of nitrogens with zero attached hydrogens (tertiary/aromatic N) is 2. The van der Waals surface area contributed by atoms with E-state index in [2.05, 4.69) is 17.5 Å². The van der Waals surface area contributed by atoms with Crippen molar-refractivity contribution in [3.05, 3.63) is 39.5 Å². The van der Waals surface area contributed by atoms with Crippen LogP contribution < -0.4 is 5.43 Å². The van der Waals surface area contributed by atoms with E-state index in [9.17, 15) is 0 Å². The second-order valence-corrected chi connectivity index (χ2v) is 5.32. The molecule has 0 aliphatic rings. The molecule has 1 N–H and O–H groups in total. The Balaban J connectivity index is 3.19. The molecule has 0 aliphatic heterocycles. The van der Waals surface area contributed by atoms with E-state index in [1.165, 1.54) is 0 Å². The molecule has 6 heteroatoms. The fourth-order valence-electron chi connectivity index (χ4n) is 1.66. The third-order valence-electron chi connectivity index (χ3n) is 2.78. The molecule has 0 saturated heterocycles. The molecule has 21 heavy (non-hydrogen) atoms. The van der Waals surface area contributed by atoms with Crippen molar-refractivity contribution in [3.63, 3.8) is 0 Å². The molecule has 4 nitrogen and oxygen atoms in total. The molecule has 116 valence electrons. The van der Waals surface area contributed by atoms with Crippen LogP contribution in [0.2, 0.25) is 10.0 Å². The largest absolute Gasteiger partial charge is 0.276 e. The Morgan fingerprint density at radius 2 is 1.95 bits per heavy atom. The fourth-order valence-corrected chi connectivity index (χ4v) is 2.19. The van der Waals surface area contributed by atoms with Crippen LogP contribution in [0.3, 0.4) is 0 Å². The van der Waals surface area contributed by atoms with E-state index in [1.807, 2.05) is 33.0 Å². The van der Waals surface area contributed by atoms with E-state index < -0.39 is 0 Å². The van der Waals surface area contributed by atoms with Crippen LogP contribution >= 0.6 is 23.2 Å². The molecule has 0 fully saturated rings. The average Bonchev–Trinajstić information content (AvgIpc) is 2.43. The van der Waals surface area contributed by atoms with Gasteiger partial charge in [-0.2, -0.15) is 5.10 Å². The molecule has 0 spiro atoms. The van der Waals surface area contributed by atoms with Crippen LogP contribution in [0, 0.1) is 0 Å². The van der Waals surface area contributed by atoms with Gasteiger partial charge in [-0.1, -0.05) is 30.1 Å². The number of halogens is 2. The maximum atomic E-state index is 6.08. The van der Waals surface area contributed by atoms with E-state index in [4.69, 9.17) is 28.0 Å². The van der Waals surface area contributed by atoms with Crippen molar-refractivity contribution in [1.82, 2.24) is 10.5 Å². The van der Waals surface area contributed by atoms with Crippen LogP contribution in [0.4, 0.5) is 0 Å². The predicted octanol–water partition coefficient (Wildman–Crippen LogP) is 4.55. The van der Waals surface area contributed by atoms with Gasteiger partial charge in [0.05, 0.1) is 18.0 Å². The van der Waals surface area contributed by atoms with Crippen molar-refractivity contribution in [2.24, 2.45) is 5.10 Å². The van der Waals surface area contributed by atoms with Gasteiger partial charge in [0.1, 0.15) is 0 Å². The first-order valence-electron chi connectivity index (χ1n) is 6.77. The zero-order valence-corrected chi connectivity index (χ0v) is 14.3. The highest BCUT2D eigenvalue weighted by Gasteiger charge is 2.11. The van der Waals surface area contributed by atoms with Crippen LogP contribution in [0.5, 0.6) is 0 Å². The Labute approximate surface area is 136 Å². The topological polar surface area (TPSA) is 36.9 Å². The lowest BCUT2D eigenvalue weighted by Crippen LogP contribution is -2.21. The van der Waals surface area contributed by atoms with E-state index in [1.54, 1.807) is 17.3 Å². The summed E-state index contributed by atoms with van der Waals surface area (Å²) in [7, 11) is 1.86. The van der Waals surface area contributed by atoms with E-state index in [0.29, 0.717) is 16.7 Å². The first kappa shape index (κ1) is 17.8. The second-order valence-electron chi connectivity index (χ2n) is 4.45. The zero-order chi connectivity index (χ0) is 15.8. The molecule has 0 bridgehead atoms. The summed E-state index contributed by atoms with van der Waals surface area (Å²) in [5, 5.41) is 6.95. The Hall–Kier alpha value is -1.23. The minimum atomic E-state index is 0.571. The number of nitrogens with one attached hydrogen (secondary N) is 1. The van der Waals surface area contributed by atoms with Gasteiger partial charge < -0.3 is 0 Å². The van der Waals surface area contributed by atoms with Crippen molar-refractivity contribution in [2.75, 3.05) is 13.7 Å². The average molecular weight is 330 g/mol. The van der Waals surface area contributed by atoms with Gasteiger partial charge in [-0.05, 0) is 38.5 Å². The predicted molar refractivity (Wildman–Crippen MR) is 90.4 cm³/mol. The maximum absolute atomic E-state index is 6.08. The van der Waals surface area contributed by atoms with E-state index >= 15 is 0 Å². The van der Waals surface area contributed by atoms with Crippen LogP contribution in [0.1, 0.15) is 32.8 Å². The second kappa shape index (κ2) is 8.93. The number of hydroxylamine groups is 2. The summed E-state index contributed by atoms with van der Waals surface area (Å²) >= 11 is 12.2. The molecule has 0 heterocycles. The molecule has 0 aliphatic carbocycles. The van der Waals surface area contributed by atoms with Crippen molar-refractivity contribution in [3.8, 4) is 0 Å². The minimum absolute atomic E-state index is 0.571. The van der Waals surface area contributed by atoms with Crippen molar-refractivity contribution >= 4 is 35.1 Å². The molecular formula is C15H21Cl2N3O. The Kier molecular flexibility index (Phi) is 7.57. The molecule has 0 amide bonds. The maximum Gasteiger partial charge on any atom is 0.0847 e. The first-order valence-corrected chi connectivity index (χ1v) is 7.52. The summed E-state index contributed by atoms with van der Waals surface area (Å²) in [4.78, 5) is 5.61. The van der Waals surface area contributed by atoms with Crippen molar-refractivity contribution < 1.29 is 4.84 Å². The SMILES string of the molecule is C/C=N\N/C(=C(/C)N(C)OCCC)c1cc(Cl)cc(Cl)c1. The molecule has 0 radical (unpaired) electrons. The Morgan fingerprint density at radius 3 is 2.48 bits per heavy atom. The third-order valence-corrected chi connectivity index (χ3v) is 3.22. The number of hydrazone groups is 1. The number of hydrogen-bond donors (Lipinski definition) is 1. The zero-order valence-electron chi connectivity index (χ0n) is 12.8. The van der Waals surface area contributed by atoms with Gasteiger partial charge >= 0.3 is 0 Å². The lowest BCUT2D eigenvalue weighted by Gasteiger charge is -2.22. The number of hydrogen-bond acceptors (Lipinski definition) is 4.